The Morgan fingerprint density at radius 1 is 1.15 bits per heavy atom. The van der Waals surface area contributed by atoms with Crippen LogP contribution in [0.25, 0.3) is 10.9 Å². The van der Waals surface area contributed by atoms with Gasteiger partial charge in [-0.05, 0) is 80.6 Å². The summed E-state index contributed by atoms with van der Waals surface area (Å²) in [5, 5.41) is 6.78. The van der Waals surface area contributed by atoms with Crippen molar-refractivity contribution in [3.63, 3.8) is 0 Å². The summed E-state index contributed by atoms with van der Waals surface area (Å²) in [6.45, 7) is 5.94. The minimum atomic E-state index is -4.48. The molecule has 1 fully saturated rings. The van der Waals surface area contributed by atoms with Crippen molar-refractivity contribution in [2.24, 2.45) is 0 Å². The number of likely N-dealkylation sites (tertiary alicyclic amines) is 1. The predicted octanol–water partition coefficient (Wildman–Crippen LogP) is 5.54. The highest BCUT2D eigenvalue weighted by Crippen LogP contribution is 2.32. The van der Waals surface area contributed by atoms with Crippen LogP contribution in [0.5, 0.6) is 5.75 Å². The van der Waals surface area contributed by atoms with Crippen LogP contribution in [0.4, 0.5) is 28.9 Å². The first-order valence-corrected chi connectivity index (χ1v) is 14.2. The quantitative estimate of drug-likeness (QED) is 0.213. The van der Waals surface area contributed by atoms with Gasteiger partial charge in [0.1, 0.15) is 18.5 Å². The van der Waals surface area contributed by atoms with Gasteiger partial charge in [0, 0.05) is 34.6 Å². The molecule has 0 bridgehead atoms. The van der Waals surface area contributed by atoms with E-state index in [0.717, 1.165) is 4.57 Å². The molecule has 7 nitrogen and oxygen atoms in total. The maximum Gasteiger partial charge on any atom is 0.406 e. The van der Waals surface area contributed by atoms with Crippen molar-refractivity contribution < 1.29 is 31.1 Å². The van der Waals surface area contributed by atoms with Crippen LogP contribution >= 0.6 is 0 Å². The van der Waals surface area contributed by atoms with Crippen LogP contribution in [0.15, 0.2) is 47.4 Å². The average Bonchev–Trinajstić information content (AvgIpc) is 3.23. The molecule has 0 aliphatic carbocycles. The highest BCUT2D eigenvalue weighted by Gasteiger charge is 2.34. The number of ether oxygens (including phenoxy) is 1. The molecule has 2 aromatic carbocycles. The highest BCUT2D eigenvalue weighted by molar-refractivity contribution is 7.79. The maximum atomic E-state index is 15.2. The van der Waals surface area contributed by atoms with E-state index in [-0.39, 0.29) is 35.0 Å². The molecule has 41 heavy (non-hydrogen) atoms. The number of aromatic nitrogens is 1. The largest absolute Gasteiger partial charge is 0.768 e. The van der Waals surface area contributed by atoms with E-state index in [9.17, 15) is 21.9 Å². The third-order valence-corrected chi connectivity index (χ3v) is 7.70. The molecule has 4 rings (SSSR count). The number of anilines is 2. The zero-order chi connectivity index (χ0) is 29.9. The van der Waals surface area contributed by atoms with Crippen LogP contribution in [0, 0.1) is 11.8 Å². The molecular formula is C29H33F4N4O3S-. The van der Waals surface area contributed by atoms with Gasteiger partial charge in [0.25, 0.3) is 0 Å². The molecule has 0 radical (unpaired) electrons. The zero-order valence-electron chi connectivity index (χ0n) is 23.3. The Hall–Kier alpha value is -3.27. The van der Waals surface area contributed by atoms with Gasteiger partial charge in [-0.15, -0.1) is 0 Å². The molecule has 1 aliphatic rings. The van der Waals surface area contributed by atoms with E-state index in [1.807, 2.05) is 20.8 Å². The van der Waals surface area contributed by atoms with Crippen molar-refractivity contribution in [2.75, 3.05) is 37.4 Å². The monoisotopic (exact) mass is 593 g/mol. The molecule has 1 saturated heterocycles. The van der Waals surface area contributed by atoms with Crippen molar-refractivity contribution in [3.05, 3.63) is 48.2 Å². The number of alkyl halides is 4. The predicted molar refractivity (Wildman–Crippen MR) is 152 cm³/mol. The summed E-state index contributed by atoms with van der Waals surface area (Å²) in [7, 11) is 1.39. The number of hydrogen-bond acceptors (Lipinski definition) is 6. The molecule has 2 heterocycles. The first kappa shape index (κ1) is 30.7. The minimum absolute atomic E-state index is 0.0541. The van der Waals surface area contributed by atoms with Gasteiger partial charge in [-0.2, -0.15) is 13.2 Å². The second kappa shape index (κ2) is 12.3. The molecule has 222 valence electrons. The van der Waals surface area contributed by atoms with Crippen LogP contribution in [0.3, 0.4) is 0 Å². The summed E-state index contributed by atoms with van der Waals surface area (Å²) in [6, 6.07) is 10.4. The van der Waals surface area contributed by atoms with E-state index >= 15 is 4.39 Å². The Kier molecular flexibility index (Phi) is 9.21. The van der Waals surface area contributed by atoms with Crippen LogP contribution in [0.1, 0.15) is 32.9 Å². The second-order valence-corrected chi connectivity index (χ2v) is 11.8. The number of nitrogens with zero attached hydrogens (tertiary/aromatic N) is 2. The normalized spacial score (nSPS) is 19.0. The molecular weight excluding hydrogens is 560 g/mol. The fraction of sp³-hybridized carbons (Fsp3) is 0.448. The topological polar surface area (TPSA) is 81.6 Å². The minimum Gasteiger partial charge on any atom is -0.768 e. The van der Waals surface area contributed by atoms with Gasteiger partial charge in [-0.1, -0.05) is 12.0 Å². The maximum absolute atomic E-state index is 15.2. The smallest absolute Gasteiger partial charge is 0.406 e. The van der Waals surface area contributed by atoms with Gasteiger partial charge in [0.15, 0.2) is 0 Å². The first-order valence-electron chi connectivity index (χ1n) is 13.1. The standard InChI is InChI=1S/C29H34F4N4O3S/c1-28(2,3)36-14-12-24(22(30)17-36)35-23-8-5-9-26-21(23)15-19(37(26)18-29(31,32)33)7-6-13-34-25-11-10-20(41(38)39)16-27(25)40-4/h5,8-11,15-16,22,24,34-35H,12-14,17-18H2,1-4H3,(H,38,39)/p-1/t22-,24+/m0/s1. The number of fused-ring (bicyclic) bond motifs is 1. The molecule has 0 spiro atoms. The Balaban J connectivity index is 1.58. The van der Waals surface area contributed by atoms with Crippen molar-refractivity contribution >= 4 is 33.4 Å². The Bertz CT molecular complexity index is 1470. The SMILES string of the molecule is COc1cc(S(=O)[O-])ccc1NCC#Cc1cc2c(N[C@@H]3CCN(C(C)(C)C)C[C@@H]3F)cccc2n1CC(F)(F)F. The Labute approximate surface area is 239 Å². The van der Waals surface area contributed by atoms with Gasteiger partial charge >= 0.3 is 6.18 Å². The van der Waals surface area contributed by atoms with E-state index < -0.39 is 36.0 Å². The van der Waals surface area contributed by atoms with E-state index in [1.54, 1.807) is 24.3 Å². The van der Waals surface area contributed by atoms with Gasteiger partial charge in [0.05, 0.1) is 36.6 Å². The lowest BCUT2D eigenvalue weighted by molar-refractivity contribution is -0.140. The molecule has 0 amide bonds. The molecule has 1 aromatic heterocycles. The Morgan fingerprint density at radius 3 is 2.54 bits per heavy atom. The van der Waals surface area contributed by atoms with Crippen molar-refractivity contribution in [3.8, 4) is 17.6 Å². The third kappa shape index (κ3) is 7.52. The summed E-state index contributed by atoms with van der Waals surface area (Å²) >= 11 is -2.42. The summed E-state index contributed by atoms with van der Waals surface area (Å²) in [5.41, 5.74) is 1.39. The van der Waals surface area contributed by atoms with Crippen molar-refractivity contribution in [1.82, 2.24) is 9.47 Å². The molecule has 1 unspecified atom stereocenters. The number of nitrogens with one attached hydrogen (secondary N) is 2. The lowest BCUT2D eigenvalue weighted by atomic mass is 9.96. The van der Waals surface area contributed by atoms with Crippen LogP contribution in [-0.2, 0) is 17.6 Å². The van der Waals surface area contributed by atoms with Gasteiger partial charge < -0.3 is 24.5 Å². The lowest BCUT2D eigenvalue weighted by Gasteiger charge is -2.42. The number of halogens is 4. The third-order valence-electron chi connectivity index (χ3n) is 7.06. The highest BCUT2D eigenvalue weighted by atomic mass is 32.2. The second-order valence-electron chi connectivity index (χ2n) is 10.9. The first-order chi connectivity index (χ1) is 19.3. The van der Waals surface area contributed by atoms with Crippen LogP contribution in [0.2, 0.25) is 0 Å². The molecule has 3 atom stereocenters. The lowest BCUT2D eigenvalue weighted by Crippen LogP contribution is -2.54. The van der Waals surface area contributed by atoms with E-state index in [1.165, 1.54) is 25.3 Å². The number of piperidine rings is 1. The zero-order valence-corrected chi connectivity index (χ0v) is 24.1. The molecule has 3 aromatic rings. The van der Waals surface area contributed by atoms with E-state index in [2.05, 4.69) is 27.4 Å². The number of rotatable bonds is 7. The fourth-order valence-corrected chi connectivity index (χ4v) is 5.32. The number of hydrogen-bond donors (Lipinski definition) is 2. The van der Waals surface area contributed by atoms with E-state index in [0.29, 0.717) is 35.2 Å². The molecule has 1 aliphatic heterocycles. The van der Waals surface area contributed by atoms with Gasteiger partial charge in [-0.25, -0.2) is 4.39 Å². The van der Waals surface area contributed by atoms with Crippen LogP contribution < -0.4 is 15.4 Å². The van der Waals surface area contributed by atoms with Crippen molar-refractivity contribution in [2.45, 2.75) is 62.6 Å². The van der Waals surface area contributed by atoms with Crippen LogP contribution in [-0.4, -0.2) is 68.9 Å². The van der Waals surface area contributed by atoms with Gasteiger partial charge in [0.2, 0.25) is 0 Å². The van der Waals surface area contributed by atoms with Crippen molar-refractivity contribution in [1.29, 1.82) is 0 Å². The molecule has 0 saturated carbocycles. The Morgan fingerprint density at radius 2 is 1.90 bits per heavy atom. The van der Waals surface area contributed by atoms with E-state index in [4.69, 9.17) is 4.74 Å². The fourth-order valence-electron chi connectivity index (χ4n) is 4.94. The summed E-state index contributed by atoms with van der Waals surface area (Å²) in [6.07, 6.45) is -5.06. The summed E-state index contributed by atoms with van der Waals surface area (Å²) in [4.78, 5) is 2.14. The molecule has 2 N–H and O–H groups in total. The number of methoxy groups -OCH3 is 1. The summed E-state index contributed by atoms with van der Waals surface area (Å²) in [5.74, 6) is 5.95. The average molecular weight is 594 g/mol. The number of benzene rings is 2. The summed E-state index contributed by atoms with van der Waals surface area (Å²) < 4.78 is 84.6. The molecule has 12 heteroatoms. The van der Waals surface area contributed by atoms with Gasteiger partial charge in [-0.3, -0.25) is 9.11 Å².